The third kappa shape index (κ3) is 4.12. The van der Waals surface area contributed by atoms with E-state index in [1.54, 1.807) is 4.90 Å². The van der Waals surface area contributed by atoms with E-state index in [1.807, 2.05) is 30.3 Å². The minimum Gasteiger partial charge on any atom is -0.391 e. The number of nitrogens with one attached hydrogen (secondary N) is 2. The van der Waals surface area contributed by atoms with Gasteiger partial charge >= 0.3 is 11.8 Å². The van der Waals surface area contributed by atoms with E-state index in [0.717, 1.165) is 23.7 Å². The van der Waals surface area contributed by atoms with E-state index in [0.29, 0.717) is 44.7 Å². The zero-order chi connectivity index (χ0) is 20.4. The van der Waals surface area contributed by atoms with E-state index >= 15 is 0 Å². The first kappa shape index (κ1) is 19.4. The number of benzene rings is 1. The molecule has 1 aliphatic carbocycles. The molecule has 1 saturated carbocycles. The zero-order valence-electron chi connectivity index (χ0n) is 16.3. The SMILES string of the molecule is O=C(N[C@H]1CCCC[C@@H]1O)C(=O)N1CCN(C(=O)c2cc3ccccc3[nH]2)CC1. The first-order valence-corrected chi connectivity index (χ1v) is 10.2. The van der Waals surface area contributed by atoms with E-state index in [9.17, 15) is 19.5 Å². The van der Waals surface area contributed by atoms with Crippen LogP contribution < -0.4 is 5.32 Å². The summed E-state index contributed by atoms with van der Waals surface area (Å²) in [6, 6.07) is 9.18. The van der Waals surface area contributed by atoms with Crippen LogP contribution in [0.4, 0.5) is 0 Å². The maximum Gasteiger partial charge on any atom is 0.312 e. The number of carbonyl (C=O) groups excluding carboxylic acids is 3. The number of rotatable bonds is 2. The number of piperazine rings is 1. The Kier molecular flexibility index (Phi) is 5.53. The van der Waals surface area contributed by atoms with Crippen LogP contribution in [0.2, 0.25) is 0 Å². The third-order valence-corrected chi connectivity index (χ3v) is 5.85. The molecule has 0 spiro atoms. The van der Waals surface area contributed by atoms with Crippen molar-refractivity contribution < 1.29 is 19.5 Å². The van der Waals surface area contributed by atoms with Gasteiger partial charge in [-0.25, -0.2) is 0 Å². The number of aliphatic hydroxyl groups excluding tert-OH is 1. The van der Waals surface area contributed by atoms with Crippen LogP contribution in [0.3, 0.4) is 0 Å². The second kappa shape index (κ2) is 8.24. The van der Waals surface area contributed by atoms with Crippen molar-refractivity contribution in [3.05, 3.63) is 36.0 Å². The first-order valence-electron chi connectivity index (χ1n) is 10.2. The van der Waals surface area contributed by atoms with Crippen molar-refractivity contribution in [2.45, 2.75) is 37.8 Å². The van der Waals surface area contributed by atoms with Crippen LogP contribution in [0, 0.1) is 0 Å². The van der Waals surface area contributed by atoms with Crippen LogP contribution in [-0.2, 0) is 9.59 Å². The Balaban J connectivity index is 1.31. The summed E-state index contributed by atoms with van der Waals surface area (Å²) < 4.78 is 0. The van der Waals surface area contributed by atoms with Gasteiger partial charge in [0.15, 0.2) is 0 Å². The fraction of sp³-hybridized carbons (Fsp3) is 0.476. The molecular formula is C21H26N4O4. The summed E-state index contributed by atoms with van der Waals surface area (Å²) in [6.07, 6.45) is 2.62. The van der Waals surface area contributed by atoms with Crippen molar-refractivity contribution in [1.29, 1.82) is 0 Å². The average molecular weight is 398 g/mol. The van der Waals surface area contributed by atoms with Crippen molar-refractivity contribution in [1.82, 2.24) is 20.1 Å². The summed E-state index contributed by atoms with van der Waals surface area (Å²) in [4.78, 5) is 43.8. The Labute approximate surface area is 168 Å². The summed E-state index contributed by atoms with van der Waals surface area (Å²) in [5, 5.41) is 13.6. The maximum atomic E-state index is 12.8. The van der Waals surface area contributed by atoms with E-state index in [2.05, 4.69) is 10.3 Å². The van der Waals surface area contributed by atoms with Gasteiger partial charge in [-0.2, -0.15) is 0 Å². The van der Waals surface area contributed by atoms with Crippen LogP contribution in [0.1, 0.15) is 36.2 Å². The van der Waals surface area contributed by atoms with Crippen molar-refractivity contribution in [2.24, 2.45) is 0 Å². The monoisotopic (exact) mass is 398 g/mol. The molecule has 2 heterocycles. The molecule has 4 rings (SSSR count). The lowest BCUT2D eigenvalue weighted by atomic mass is 9.92. The molecule has 29 heavy (non-hydrogen) atoms. The Bertz CT molecular complexity index is 883. The van der Waals surface area contributed by atoms with Gasteiger partial charge in [-0.1, -0.05) is 31.0 Å². The summed E-state index contributed by atoms with van der Waals surface area (Å²) >= 11 is 0. The standard InChI is InChI=1S/C21H26N4O4/c26-18-8-4-3-7-16(18)23-19(27)21(29)25-11-9-24(10-12-25)20(28)17-13-14-5-1-2-6-15(14)22-17/h1-2,5-6,13,16,18,22,26H,3-4,7-12H2,(H,23,27)/t16-,18-/m0/s1. The summed E-state index contributed by atoms with van der Waals surface area (Å²) in [6.45, 7) is 1.37. The number of aromatic nitrogens is 1. The molecule has 154 valence electrons. The van der Waals surface area contributed by atoms with Crippen molar-refractivity contribution in [3.63, 3.8) is 0 Å². The quantitative estimate of drug-likeness (QED) is 0.653. The van der Waals surface area contributed by atoms with Gasteiger partial charge < -0.3 is 25.2 Å². The number of carbonyl (C=O) groups is 3. The van der Waals surface area contributed by atoms with Crippen molar-refractivity contribution in [2.75, 3.05) is 26.2 Å². The highest BCUT2D eigenvalue weighted by molar-refractivity contribution is 6.35. The van der Waals surface area contributed by atoms with E-state index in [4.69, 9.17) is 0 Å². The number of para-hydroxylation sites is 1. The summed E-state index contributed by atoms with van der Waals surface area (Å²) in [5.41, 5.74) is 1.43. The number of hydrogen-bond acceptors (Lipinski definition) is 4. The van der Waals surface area contributed by atoms with Gasteiger partial charge in [-0.05, 0) is 25.0 Å². The van der Waals surface area contributed by atoms with Gasteiger partial charge in [0.1, 0.15) is 5.69 Å². The number of fused-ring (bicyclic) bond motifs is 1. The molecule has 8 nitrogen and oxygen atoms in total. The predicted molar refractivity (Wildman–Crippen MR) is 107 cm³/mol. The lowest BCUT2D eigenvalue weighted by Crippen LogP contribution is -2.56. The van der Waals surface area contributed by atoms with E-state index < -0.39 is 17.9 Å². The topological polar surface area (TPSA) is 106 Å². The van der Waals surface area contributed by atoms with Gasteiger partial charge in [0.25, 0.3) is 5.91 Å². The smallest absolute Gasteiger partial charge is 0.312 e. The molecule has 2 aliphatic rings. The second-order valence-corrected chi connectivity index (χ2v) is 7.79. The molecule has 1 aromatic heterocycles. The lowest BCUT2D eigenvalue weighted by Gasteiger charge is -2.35. The van der Waals surface area contributed by atoms with Crippen LogP contribution in [0.25, 0.3) is 10.9 Å². The fourth-order valence-corrected chi connectivity index (χ4v) is 4.12. The normalized spacial score (nSPS) is 22.5. The minimum atomic E-state index is -0.675. The molecule has 8 heteroatoms. The minimum absolute atomic E-state index is 0.108. The van der Waals surface area contributed by atoms with Gasteiger partial charge in [0.2, 0.25) is 0 Å². The van der Waals surface area contributed by atoms with Crippen LogP contribution in [0.5, 0.6) is 0 Å². The highest BCUT2D eigenvalue weighted by Crippen LogP contribution is 2.19. The number of aromatic amines is 1. The van der Waals surface area contributed by atoms with Gasteiger partial charge in [0.05, 0.1) is 12.1 Å². The predicted octanol–water partition coefficient (Wildman–Crippen LogP) is 0.872. The van der Waals surface area contributed by atoms with Crippen LogP contribution in [-0.4, -0.2) is 75.9 Å². The van der Waals surface area contributed by atoms with E-state index in [1.165, 1.54) is 4.90 Å². The Morgan fingerprint density at radius 1 is 1.00 bits per heavy atom. The molecule has 1 aliphatic heterocycles. The molecule has 0 unspecified atom stereocenters. The van der Waals surface area contributed by atoms with E-state index in [-0.39, 0.29) is 11.9 Å². The fourth-order valence-electron chi connectivity index (χ4n) is 4.12. The molecule has 2 aromatic rings. The van der Waals surface area contributed by atoms with Crippen LogP contribution >= 0.6 is 0 Å². The Hall–Kier alpha value is -2.87. The summed E-state index contributed by atoms with van der Waals surface area (Å²) in [7, 11) is 0. The zero-order valence-corrected chi connectivity index (χ0v) is 16.3. The molecule has 0 bridgehead atoms. The second-order valence-electron chi connectivity index (χ2n) is 7.79. The van der Waals surface area contributed by atoms with Crippen molar-refractivity contribution >= 4 is 28.6 Å². The number of nitrogens with zero attached hydrogens (tertiary/aromatic N) is 2. The average Bonchev–Trinajstić information content (AvgIpc) is 3.18. The van der Waals surface area contributed by atoms with Crippen LogP contribution in [0.15, 0.2) is 30.3 Å². The van der Waals surface area contributed by atoms with Crippen molar-refractivity contribution in [3.8, 4) is 0 Å². The third-order valence-electron chi connectivity index (χ3n) is 5.85. The Morgan fingerprint density at radius 2 is 1.69 bits per heavy atom. The molecule has 3 N–H and O–H groups in total. The maximum absolute atomic E-state index is 12.8. The molecule has 1 saturated heterocycles. The molecular weight excluding hydrogens is 372 g/mol. The van der Waals surface area contributed by atoms with Gasteiger partial charge in [-0.3, -0.25) is 14.4 Å². The summed E-state index contributed by atoms with van der Waals surface area (Å²) in [5.74, 6) is -1.38. The highest BCUT2D eigenvalue weighted by atomic mass is 16.3. The molecule has 3 amide bonds. The molecule has 1 aromatic carbocycles. The molecule has 2 fully saturated rings. The molecule has 2 atom stereocenters. The van der Waals surface area contributed by atoms with Gasteiger partial charge in [-0.15, -0.1) is 0 Å². The number of H-pyrrole nitrogens is 1. The molecule has 0 radical (unpaired) electrons. The highest BCUT2D eigenvalue weighted by Gasteiger charge is 2.31. The number of aliphatic hydroxyl groups is 1. The first-order chi connectivity index (χ1) is 14.0. The Morgan fingerprint density at radius 3 is 2.41 bits per heavy atom. The number of amides is 3. The number of hydrogen-bond donors (Lipinski definition) is 3. The van der Waals surface area contributed by atoms with Gasteiger partial charge in [0, 0.05) is 37.1 Å². The largest absolute Gasteiger partial charge is 0.391 e. The lowest BCUT2D eigenvalue weighted by molar-refractivity contribution is -0.147.